The highest BCUT2D eigenvalue weighted by atomic mass is 16.5. The van der Waals surface area contributed by atoms with Crippen LogP contribution >= 0.6 is 0 Å². The number of alkyl carbamates (subject to hydrolysis) is 1. The Balaban J connectivity index is 1.55. The van der Waals surface area contributed by atoms with Gasteiger partial charge < -0.3 is 20.3 Å². The molecule has 0 aliphatic carbocycles. The number of carbonyl (C=O) groups excluding carboxylic acids is 3. The molecule has 7 heteroatoms. The normalized spacial score (nSPS) is 14.5. The Kier molecular flexibility index (Phi) is 7.06. The van der Waals surface area contributed by atoms with Gasteiger partial charge in [0.05, 0.1) is 0 Å². The van der Waals surface area contributed by atoms with Crippen molar-refractivity contribution in [3.8, 4) is 0 Å². The lowest BCUT2D eigenvalue weighted by molar-refractivity contribution is -0.119. The van der Waals surface area contributed by atoms with E-state index in [0.717, 1.165) is 24.2 Å². The monoisotopic (exact) mass is 409 g/mol. The van der Waals surface area contributed by atoms with Crippen molar-refractivity contribution in [1.82, 2.24) is 5.32 Å². The van der Waals surface area contributed by atoms with Crippen LogP contribution < -0.4 is 15.5 Å². The summed E-state index contributed by atoms with van der Waals surface area (Å²) in [6, 6.07) is 15.7. The number of hydrogen-bond donors (Lipinski definition) is 2. The standard InChI is InChI=1S/C23H27N3O4/c1-16(2)21(25-23(29)30-15-17-7-4-3-5-8-17)22(28)24-18-10-12-19(13-11-18)26-14-6-9-20(26)27/h3-5,7-8,10-13,16,21H,6,9,14-15H2,1-2H3,(H,24,28)(H,25,29). The van der Waals surface area contributed by atoms with Gasteiger partial charge in [-0.2, -0.15) is 0 Å². The van der Waals surface area contributed by atoms with Gasteiger partial charge in [-0.25, -0.2) is 4.79 Å². The topological polar surface area (TPSA) is 87.7 Å². The predicted molar refractivity (Wildman–Crippen MR) is 115 cm³/mol. The first kappa shape index (κ1) is 21.4. The van der Waals surface area contributed by atoms with Gasteiger partial charge in [0, 0.05) is 24.3 Å². The molecule has 2 aromatic rings. The van der Waals surface area contributed by atoms with Crippen molar-refractivity contribution in [2.75, 3.05) is 16.8 Å². The van der Waals surface area contributed by atoms with E-state index in [2.05, 4.69) is 10.6 Å². The van der Waals surface area contributed by atoms with Crippen LogP contribution in [0.25, 0.3) is 0 Å². The summed E-state index contributed by atoms with van der Waals surface area (Å²) in [5.74, 6) is -0.340. The number of ether oxygens (including phenoxy) is 1. The molecule has 0 spiro atoms. The van der Waals surface area contributed by atoms with Gasteiger partial charge in [0.25, 0.3) is 0 Å². The van der Waals surface area contributed by atoms with E-state index >= 15 is 0 Å². The Morgan fingerprint density at radius 2 is 1.77 bits per heavy atom. The van der Waals surface area contributed by atoms with Gasteiger partial charge in [-0.05, 0) is 42.2 Å². The molecule has 1 saturated heterocycles. The van der Waals surface area contributed by atoms with Crippen LogP contribution in [0.2, 0.25) is 0 Å². The minimum Gasteiger partial charge on any atom is -0.445 e. The third-order valence-electron chi connectivity index (χ3n) is 4.96. The molecular weight excluding hydrogens is 382 g/mol. The predicted octanol–water partition coefficient (Wildman–Crippen LogP) is 3.70. The zero-order chi connectivity index (χ0) is 21.5. The highest BCUT2D eigenvalue weighted by Crippen LogP contribution is 2.23. The molecule has 0 saturated carbocycles. The number of nitrogens with one attached hydrogen (secondary N) is 2. The number of nitrogens with zero attached hydrogens (tertiary/aromatic N) is 1. The van der Waals surface area contributed by atoms with E-state index < -0.39 is 12.1 Å². The molecule has 3 amide bonds. The summed E-state index contributed by atoms with van der Waals surface area (Å²) in [4.78, 5) is 38.5. The second-order valence-corrected chi connectivity index (χ2v) is 7.61. The molecule has 0 bridgehead atoms. The average molecular weight is 409 g/mol. The third-order valence-corrected chi connectivity index (χ3v) is 4.96. The van der Waals surface area contributed by atoms with Crippen molar-refractivity contribution in [3.05, 3.63) is 60.2 Å². The first-order chi connectivity index (χ1) is 14.4. The van der Waals surface area contributed by atoms with Gasteiger partial charge in [0.2, 0.25) is 11.8 Å². The van der Waals surface area contributed by atoms with Gasteiger partial charge >= 0.3 is 6.09 Å². The average Bonchev–Trinajstić information content (AvgIpc) is 3.17. The molecule has 3 rings (SSSR count). The number of hydrogen-bond acceptors (Lipinski definition) is 4. The molecule has 158 valence electrons. The summed E-state index contributed by atoms with van der Waals surface area (Å²) in [5, 5.41) is 5.46. The summed E-state index contributed by atoms with van der Waals surface area (Å²) in [6.45, 7) is 4.55. The van der Waals surface area contributed by atoms with Crippen LogP contribution in [-0.4, -0.2) is 30.5 Å². The Labute approximate surface area is 176 Å². The minimum atomic E-state index is -0.742. The summed E-state index contributed by atoms with van der Waals surface area (Å²) in [6.07, 6.45) is 0.788. The van der Waals surface area contributed by atoms with Gasteiger partial charge in [-0.3, -0.25) is 9.59 Å². The molecule has 0 aromatic heterocycles. The van der Waals surface area contributed by atoms with Crippen molar-refractivity contribution in [2.24, 2.45) is 5.92 Å². The molecule has 1 aliphatic rings. The van der Waals surface area contributed by atoms with E-state index in [9.17, 15) is 14.4 Å². The molecular formula is C23H27N3O4. The highest BCUT2D eigenvalue weighted by Gasteiger charge is 2.25. The van der Waals surface area contributed by atoms with Crippen LogP contribution in [0.3, 0.4) is 0 Å². The molecule has 1 atom stereocenters. The number of carbonyl (C=O) groups is 3. The number of rotatable bonds is 7. The maximum atomic E-state index is 12.7. The maximum Gasteiger partial charge on any atom is 0.408 e. The Bertz CT molecular complexity index is 881. The van der Waals surface area contributed by atoms with Crippen molar-refractivity contribution in [1.29, 1.82) is 0 Å². The van der Waals surface area contributed by atoms with Gasteiger partial charge in [0.1, 0.15) is 12.6 Å². The summed E-state index contributed by atoms with van der Waals surface area (Å²) in [5.41, 5.74) is 2.29. The van der Waals surface area contributed by atoms with E-state index in [1.807, 2.05) is 56.3 Å². The van der Waals surface area contributed by atoms with Crippen molar-refractivity contribution >= 4 is 29.3 Å². The second-order valence-electron chi connectivity index (χ2n) is 7.61. The first-order valence-corrected chi connectivity index (χ1v) is 10.1. The smallest absolute Gasteiger partial charge is 0.408 e. The van der Waals surface area contributed by atoms with Crippen LogP contribution in [0.5, 0.6) is 0 Å². The number of amides is 3. The maximum absolute atomic E-state index is 12.7. The molecule has 2 aromatic carbocycles. The van der Waals surface area contributed by atoms with Crippen LogP contribution in [0.4, 0.5) is 16.2 Å². The summed E-state index contributed by atoms with van der Waals surface area (Å²) >= 11 is 0. The lowest BCUT2D eigenvalue weighted by atomic mass is 10.0. The van der Waals surface area contributed by atoms with Crippen molar-refractivity contribution < 1.29 is 19.1 Å². The molecule has 30 heavy (non-hydrogen) atoms. The van der Waals surface area contributed by atoms with Crippen LogP contribution in [-0.2, 0) is 20.9 Å². The van der Waals surface area contributed by atoms with Gasteiger partial charge in [-0.1, -0.05) is 44.2 Å². The van der Waals surface area contributed by atoms with Crippen molar-refractivity contribution in [3.63, 3.8) is 0 Å². The Hall–Kier alpha value is -3.35. The van der Waals surface area contributed by atoms with Gasteiger partial charge in [0.15, 0.2) is 0 Å². The first-order valence-electron chi connectivity index (χ1n) is 10.1. The molecule has 1 fully saturated rings. The molecule has 1 unspecified atom stereocenters. The SMILES string of the molecule is CC(C)C(NC(=O)OCc1ccccc1)C(=O)Nc1ccc(N2CCCC2=O)cc1. The fraction of sp³-hybridized carbons (Fsp3) is 0.348. The second kappa shape index (κ2) is 9.91. The molecule has 0 radical (unpaired) electrons. The van der Waals surface area contributed by atoms with E-state index in [4.69, 9.17) is 4.74 Å². The molecule has 1 aliphatic heterocycles. The van der Waals surface area contributed by atoms with E-state index in [1.54, 1.807) is 17.0 Å². The van der Waals surface area contributed by atoms with Crippen molar-refractivity contribution in [2.45, 2.75) is 39.3 Å². The van der Waals surface area contributed by atoms with E-state index in [0.29, 0.717) is 12.1 Å². The highest BCUT2D eigenvalue weighted by molar-refractivity contribution is 5.98. The Morgan fingerprint density at radius 1 is 1.07 bits per heavy atom. The van der Waals surface area contributed by atoms with Crippen LogP contribution in [0.15, 0.2) is 54.6 Å². The number of benzene rings is 2. The molecule has 7 nitrogen and oxygen atoms in total. The van der Waals surface area contributed by atoms with Gasteiger partial charge in [-0.15, -0.1) is 0 Å². The summed E-state index contributed by atoms with van der Waals surface area (Å²) < 4.78 is 5.22. The minimum absolute atomic E-state index is 0.116. The lowest BCUT2D eigenvalue weighted by Gasteiger charge is -2.22. The summed E-state index contributed by atoms with van der Waals surface area (Å²) in [7, 11) is 0. The van der Waals surface area contributed by atoms with Crippen LogP contribution in [0.1, 0.15) is 32.3 Å². The molecule has 1 heterocycles. The number of anilines is 2. The quantitative estimate of drug-likeness (QED) is 0.730. The fourth-order valence-electron chi connectivity index (χ4n) is 3.29. The molecule has 2 N–H and O–H groups in total. The largest absolute Gasteiger partial charge is 0.445 e. The van der Waals surface area contributed by atoms with E-state index in [1.165, 1.54) is 0 Å². The third kappa shape index (κ3) is 5.59. The lowest BCUT2D eigenvalue weighted by Crippen LogP contribution is -2.47. The van der Waals surface area contributed by atoms with E-state index in [-0.39, 0.29) is 24.3 Å². The zero-order valence-corrected chi connectivity index (χ0v) is 17.3. The fourth-order valence-corrected chi connectivity index (χ4v) is 3.29. The zero-order valence-electron chi connectivity index (χ0n) is 17.3. The Morgan fingerprint density at radius 3 is 2.37 bits per heavy atom. The van der Waals surface area contributed by atoms with Crippen LogP contribution in [0, 0.1) is 5.92 Å².